The zero-order chi connectivity index (χ0) is 19.2. The smallest absolute Gasteiger partial charge is 0.326 e. The predicted octanol–water partition coefficient (Wildman–Crippen LogP) is 3.92. The van der Waals surface area contributed by atoms with Gasteiger partial charge in [0.05, 0.1) is 5.41 Å². The highest BCUT2D eigenvalue weighted by atomic mass is 16.4. The van der Waals surface area contributed by atoms with Gasteiger partial charge in [-0.1, -0.05) is 72.3 Å². The molecule has 0 radical (unpaired) electrons. The van der Waals surface area contributed by atoms with E-state index in [-0.39, 0.29) is 12.3 Å². The molecule has 0 saturated carbocycles. The van der Waals surface area contributed by atoms with Crippen molar-refractivity contribution in [3.63, 3.8) is 0 Å². The Labute approximate surface area is 154 Å². The summed E-state index contributed by atoms with van der Waals surface area (Å²) in [5.74, 6) is -1.37. The third kappa shape index (κ3) is 4.39. The Balaban J connectivity index is 2.41. The normalized spacial score (nSPS) is 12.1. The summed E-state index contributed by atoms with van der Waals surface area (Å²) >= 11 is 0. The van der Waals surface area contributed by atoms with Crippen LogP contribution in [0.15, 0.2) is 72.3 Å². The minimum atomic E-state index is -1.04. The molecule has 4 nitrogen and oxygen atoms in total. The van der Waals surface area contributed by atoms with Crippen molar-refractivity contribution in [2.75, 3.05) is 0 Å². The van der Waals surface area contributed by atoms with Gasteiger partial charge in [-0.3, -0.25) is 4.79 Å². The first-order valence-corrected chi connectivity index (χ1v) is 8.64. The third-order valence-electron chi connectivity index (χ3n) is 4.52. The van der Waals surface area contributed by atoms with E-state index in [1.165, 1.54) is 0 Å². The van der Waals surface area contributed by atoms with Gasteiger partial charge < -0.3 is 10.4 Å². The Kier molecular flexibility index (Phi) is 6.34. The summed E-state index contributed by atoms with van der Waals surface area (Å²) in [5, 5.41) is 12.2. The summed E-state index contributed by atoms with van der Waals surface area (Å²) in [7, 11) is 0. The SMILES string of the molecule is CC(C)=CC[C@@H](NC(=O)C(C)(c1ccccc1)c1ccccc1)C(=O)O. The van der Waals surface area contributed by atoms with Crippen molar-refractivity contribution in [1.29, 1.82) is 0 Å². The van der Waals surface area contributed by atoms with Crippen LogP contribution in [0.1, 0.15) is 38.3 Å². The van der Waals surface area contributed by atoms with Gasteiger partial charge in [0, 0.05) is 0 Å². The molecule has 136 valence electrons. The molecule has 1 atom stereocenters. The van der Waals surface area contributed by atoms with Gasteiger partial charge in [-0.25, -0.2) is 4.79 Å². The van der Waals surface area contributed by atoms with Crippen LogP contribution >= 0.6 is 0 Å². The molecular formula is C22H25NO3. The van der Waals surface area contributed by atoms with E-state index in [1.807, 2.05) is 87.5 Å². The number of nitrogens with one attached hydrogen (secondary N) is 1. The first-order valence-electron chi connectivity index (χ1n) is 8.64. The molecule has 0 aliphatic rings. The average Bonchev–Trinajstić information content (AvgIpc) is 2.65. The zero-order valence-electron chi connectivity index (χ0n) is 15.4. The summed E-state index contributed by atoms with van der Waals surface area (Å²) < 4.78 is 0. The molecule has 0 aliphatic heterocycles. The molecule has 2 rings (SSSR count). The number of carbonyl (C=O) groups excluding carboxylic acids is 1. The molecule has 0 aromatic heterocycles. The summed E-state index contributed by atoms with van der Waals surface area (Å²) in [6, 6.07) is 17.9. The minimum Gasteiger partial charge on any atom is -0.480 e. The molecule has 0 saturated heterocycles. The lowest BCUT2D eigenvalue weighted by Gasteiger charge is -2.31. The third-order valence-corrected chi connectivity index (χ3v) is 4.52. The molecule has 0 unspecified atom stereocenters. The predicted molar refractivity (Wildman–Crippen MR) is 103 cm³/mol. The van der Waals surface area contributed by atoms with Crippen LogP contribution in [-0.4, -0.2) is 23.0 Å². The highest BCUT2D eigenvalue weighted by Crippen LogP contribution is 2.32. The lowest BCUT2D eigenvalue weighted by Crippen LogP contribution is -2.49. The number of amides is 1. The number of carboxylic acids is 1. The number of hydrogen-bond donors (Lipinski definition) is 2. The maximum Gasteiger partial charge on any atom is 0.326 e. The lowest BCUT2D eigenvalue weighted by molar-refractivity contribution is -0.142. The minimum absolute atomic E-state index is 0.253. The molecule has 1 amide bonds. The van der Waals surface area contributed by atoms with Crippen molar-refractivity contribution in [2.24, 2.45) is 0 Å². The quantitative estimate of drug-likeness (QED) is 0.743. The van der Waals surface area contributed by atoms with Gasteiger partial charge in [0.1, 0.15) is 6.04 Å². The summed E-state index contributed by atoms with van der Waals surface area (Å²) in [6.45, 7) is 5.63. The van der Waals surface area contributed by atoms with Crippen LogP contribution in [0.2, 0.25) is 0 Å². The molecular weight excluding hydrogens is 326 g/mol. The fraction of sp³-hybridized carbons (Fsp3) is 0.273. The standard InChI is InChI=1S/C22H25NO3/c1-16(2)14-15-19(20(24)25)23-21(26)22(3,17-10-6-4-7-11-17)18-12-8-5-9-13-18/h4-14,19H,15H2,1-3H3,(H,23,26)(H,24,25)/t19-/m1/s1. The van der Waals surface area contributed by atoms with Crippen LogP contribution in [0.3, 0.4) is 0 Å². The van der Waals surface area contributed by atoms with Crippen molar-refractivity contribution in [3.05, 3.63) is 83.4 Å². The lowest BCUT2D eigenvalue weighted by atomic mass is 9.75. The van der Waals surface area contributed by atoms with Gasteiger partial charge in [-0.05, 0) is 38.3 Å². The molecule has 0 heterocycles. The Morgan fingerprint density at radius 3 is 1.85 bits per heavy atom. The van der Waals surface area contributed by atoms with Crippen LogP contribution in [0.4, 0.5) is 0 Å². The highest BCUT2D eigenvalue weighted by Gasteiger charge is 2.38. The maximum atomic E-state index is 13.2. The van der Waals surface area contributed by atoms with Crippen molar-refractivity contribution in [1.82, 2.24) is 5.32 Å². The topological polar surface area (TPSA) is 66.4 Å². The molecule has 2 N–H and O–H groups in total. The number of hydrogen-bond acceptors (Lipinski definition) is 2. The first-order chi connectivity index (χ1) is 12.4. The molecule has 0 fully saturated rings. The van der Waals surface area contributed by atoms with E-state index >= 15 is 0 Å². The second-order valence-electron chi connectivity index (χ2n) is 6.74. The second kappa shape index (κ2) is 8.48. The molecule has 2 aromatic carbocycles. The number of rotatable bonds is 7. The molecule has 0 bridgehead atoms. The van der Waals surface area contributed by atoms with Crippen LogP contribution in [-0.2, 0) is 15.0 Å². The van der Waals surface area contributed by atoms with E-state index in [4.69, 9.17) is 0 Å². The van der Waals surface area contributed by atoms with Gasteiger partial charge >= 0.3 is 5.97 Å². The van der Waals surface area contributed by atoms with Crippen molar-refractivity contribution < 1.29 is 14.7 Å². The fourth-order valence-corrected chi connectivity index (χ4v) is 2.85. The Morgan fingerprint density at radius 1 is 1.00 bits per heavy atom. The zero-order valence-corrected chi connectivity index (χ0v) is 15.4. The maximum absolute atomic E-state index is 13.2. The van der Waals surface area contributed by atoms with Gasteiger partial charge in [0.25, 0.3) is 0 Å². The molecule has 26 heavy (non-hydrogen) atoms. The Bertz CT molecular complexity index is 738. The number of allylic oxidation sites excluding steroid dienone is 1. The molecule has 2 aromatic rings. The largest absolute Gasteiger partial charge is 0.480 e. The van der Waals surface area contributed by atoms with E-state index in [9.17, 15) is 14.7 Å². The molecule has 0 aliphatic carbocycles. The second-order valence-corrected chi connectivity index (χ2v) is 6.74. The van der Waals surface area contributed by atoms with Crippen LogP contribution < -0.4 is 5.32 Å². The summed E-state index contributed by atoms with van der Waals surface area (Å²) in [6.07, 6.45) is 2.07. The van der Waals surface area contributed by atoms with E-state index in [0.717, 1.165) is 16.7 Å². The fourth-order valence-electron chi connectivity index (χ4n) is 2.85. The van der Waals surface area contributed by atoms with Gasteiger partial charge in [-0.15, -0.1) is 0 Å². The summed E-state index contributed by atoms with van der Waals surface area (Å²) in [5.41, 5.74) is 1.66. The van der Waals surface area contributed by atoms with Crippen LogP contribution in [0.5, 0.6) is 0 Å². The van der Waals surface area contributed by atoms with Crippen LogP contribution in [0, 0.1) is 0 Å². The van der Waals surface area contributed by atoms with E-state index in [2.05, 4.69) is 5.32 Å². The van der Waals surface area contributed by atoms with Gasteiger partial charge in [0.15, 0.2) is 0 Å². The van der Waals surface area contributed by atoms with Gasteiger partial charge in [-0.2, -0.15) is 0 Å². The van der Waals surface area contributed by atoms with Crippen molar-refractivity contribution in [2.45, 2.75) is 38.6 Å². The number of carboxylic acid groups (broad SMARTS) is 1. The van der Waals surface area contributed by atoms with E-state index < -0.39 is 17.4 Å². The Morgan fingerprint density at radius 2 is 1.46 bits per heavy atom. The van der Waals surface area contributed by atoms with E-state index in [0.29, 0.717) is 0 Å². The number of aliphatic carboxylic acids is 1. The Hall–Kier alpha value is -2.88. The van der Waals surface area contributed by atoms with Crippen LogP contribution in [0.25, 0.3) is 0 Å². The average molecular weight is 351 g/mol. The van der Waals surface area contributed by atoms with E-state index in [1.54, 1.807) is 0 Å². The van der Waals surface area contributed by atoms with Gasteiger partial charge in [0.2, 0.25) is 5.91 Å². The number of benzene rings is 2. The highest BCUT2D eigenvalue weighted by molar-refractivity contribution is 5.94. The summed E-state index contributed by atoms with van der Waals surface area (Å²) in [4.78, 5) is 24.8. The van der Waals surface area contributed by atoms with Crippen molar-refractivity contribution >= 4 is 11.9 Å². The first kappa shape index (κ1) is 19.4. The van der Waals surface area contributed by atoms with Crippen molar-refractivity contribution in [3.8, 4) is 0 Å². The molecule has 0 spiro atoms. The molecule has 4 heteroatoms. The number of carbonyl (C=O) groups is 2. The monoisotopic (exact) mass is 351 g/mol.